The lowest BCUT2D eigenvalue weighted by molar-refractivity contribution is -0.131. The SMILES string of the molecule is Cc1ccc(C(=O)NNC(=O)[C@@H]2COc3ccccc3O2)o1. The maximum Gasteiger partial charge on any atom is 0.305 e. The van der Waals surface area contributed by atoms with Gasteiger partial charge in [0.25, 0.3) is 5.91 Å². The highest BCUT2D eigenvalue weighted by Gasteiger charge is 2.27. The number of hydrogen-bond acceptors (Lipinski definition) is 5. The smallest absolute Gasteiger partial charge is 0.305 e. The van der Waals surface area contributed by atoms with Crippen LogP contribution >= 0.6 is 0 Å². The standard InChI is InChI=1S/C15H14N2O5/c1-9-6-7-12(21-9)14(18)16-17-15(19)13-8-20-10-4-2-3-5-11(10)22-13/h2-7,13H,8H2,1H3,(H,16,18)(H,17,19)/t13-/m0/s1. The maximum atomic E-state index is 12.0. The summed E-state index contributed by atoms with van der Waals surface area (Å²) in [6.45, 7) is 1.79. The van der Waals surface area contributed by atoms with Crippen molar-refractivity contribution in [1.82, 2.24) is 10.9 Å². The highest BCUT2D eigenvalue weighted by Crippen LogP contribution is 2.30. The van der Waals surface area contributed by atoms with Gasteiger partial charge in [0.05, 0.1) is 0 Å². The molecule has 3 rings (SSSR count). The lowest BCUT2D eigenvalue weighted by atomic mass is 10.2. The topological polar surface area (TPSA) is 89.8 Å². The zero-order valence-electron chi connectivity index (χ0n) is 11.8. The fraction of sp³-hybridized carbons (Fsp3) is 0.200. The van der Waals surface area contributed by atoms with E-state index in [4.69, 9.17) is 13.9 Å². The lowest BCUT2D eigenvalue weighted by Crippen LogP contribution is -2.50. The van der Waals surface area contributed by atoms with E-state index >= 15 is 0 Å². The summed E-state index contributed by atoms with van der Waals surface area (Å²) in [5, 5.41) is 0. The van der Waals surface area contributed by atoms with Crippen molar-refractivity contribution in [3.8, 4) is 11.5 Å². The summed E-state index contributed by atoms with van der Waals surface area (Å²) >= 11 is 0. The molecule has 0 saturated carbocycles. The Morgan fingerprint density at radius 3 is 2.59 bits per heavy atom. The van der Waals surface area contributed by atoms with Gasteiger partial charge in [-0.05, 0) is 31.2 Å². The molecule has 0 unspecified atom stereocenters. The van der Waals surface area contributed by atoms with Crippen molar-refractivity contribution in [2.75, 3.05) is 6.61 Å². The molecule has 2 amide bonds. The third-order valence-electron chi connectivity index (χ3n) is 3.06. The Morgan fingerprint density at radius 1 is 1.09 bits per heavy atom. The third kappa shape index (κ3) is 2.88. The van der Waals surface area contributed by atoms with E-state index in [1.54, 1.807) is 31.2 Å². The van der Waals surface area contributed by atoms with Gasteiger partial charge in [-0.25, -0.2) is 0 Å². The number of nitrogens with one attached hydrogen (secondary N) is 2. The van der Waals surface area contributed by atoms with Crippen LogP contribution in [0.1, 0.15) is 16.3 Å². The Balaban J connectivity index is 1.56. The molecule has 7 heteroatoms. The van der Waals surface area contributed by atoms with E-state index in [1.165, 1.54) is 6.07 Å². The molecule has 1 aromatic carbocycles. The molecule has 2 N–H and O–H groups in total. The molecular formula is C15H14N2O5. The van der Waals surface area contributed by atoms with E-state index in [1.807, 2.05) is 6.07 Å². The van der Waals surface area contributed by atoms with Crippen LogP contribution in [0, 0.1) is 6.92 Å². The van der Waals surface area contributed by atoms with E-state index in [0.29, 0.717) is 17.3 Å². The second-order valence-electron chi connectivity index (χ2n) is 4.72. The summed E-state index contributed by atoms with van der Waals surface area (Å²) in [5.41, 5.74) is 4.55. The molecule has 2 heterocycles. The van der Waals surface area contributed by atoms with E-state index in [2.05, 4.69) is 10.9 Å². The number of benzene rings is 1. The van der Waals surface area contributed by atoms with Crippen LogP contribution in [-0.4, -0.2) is 24.5 Å². The molecule has 0 radical (unpaired) electrons. The molecule has 1 aliphatic heterocycles. The first-order chi connectivity index (χ1) is 10.6. The number of aryl methyl sites for hydroxylation is 1. The van der Waals surface area contributed by atoms with E-state index < -0.39 is 17.9 Å². The number of carbonyl (C=O) groups is 2. The summed E-state index contributed by atoms with van der Waals surface area (Å²) in [7, 11) is 0. The van der Waals surface area contributed by atoms with Crippen molar-refractivity contribution in [3.63, 3.8) is 0 Å². The zero-order chi connectivity index (χ0) is 15.5. The Hall–Kier alpha value is -2.96. The average Bonchev–Trinajstić information content (AvgIpc) is 2.98. The van der Waals surface area contributed by atoms with Crippen molar-refractivity contribution in [2.24, 2.45) is 0 Å². The molecule has 0 bridgehead atoms. The Kier molecular flexibility index (Phi) is 3.69. The second-order valence-corrected chi connectivity index (χ2v) is 4.72. The minimum atomic E-state index is -0.839. The molecule has 1 atom stereocenters. The lowest BCUT2D eigenvalue weighted by Gasteiger charge is -2.25. The summed E-state index contributed by atoms with van der Waals surface area (Å²) in [5.74, 6) is 0.745. The number of ether oxygens (including phenoxy) is 2. The van der Waals surface area contributed by atoms with Crippen molar-refractivity contribution in [2.45, 2.75) is 13.0 Å². The van der Waals surface area contributed by atoms with Crippen molar-refractivity contribution in [1.29, 1.82) is 0 Å². The van der Waals surface area contributed by atoms with Crippen LogP contribution in [0.5, 0.6) is 11.5 Å². The number of carbonyl (C=O) groups excluding carboxylic acids is 2. The van der Waals surface area contributed by atoms with Gasteiger partial charge in [0.1, 0.15) is 12.4 Å². The molecule has 7 nitrogen and oxygen atoms in total. The molecule has 2 aromatic rings. The van der Waals surface area contributed by atoms with Gasteiger partial charge < -0.3 is 13.9 Å². The first kappa shape index (κ1) is 14.0. The number of hydrazine groups is 1. The van der Waals surface area contributed by atoms with Crippen LogP contribution in [0.2, 0.25) is 0 Å². The van der Waals surface area contributed by atoms with Crippen molar-refractivity contribution >= 4 is 11.8 Å². The number of furan rings is 1. The highest BCUT2D eigenvalue weighted by molar-refractivity contribution is 5.93. The Bertz CT molecular complexity index is 709. The molecular weight excluding hydrogens is 288 g/mol. The molecule has 0 saturated heterocycles. The largest absolute Gasteiger partial charge is 0.485 e. The average molecular weight is 302 g/mol. The normalized spacial score (nSPS) is 16.0. The second kappa shape index (κ2) is 5.80. The number of amides is 2. The minimum Gasteiger partial charge on any atom is -0.485 e. The Labute approximate surface area is 126 Å². The zero-order valence-corrected chi connectivity index (χ0v) is 11.8. The first-order valence-electron chi connectivity index (χ1n) is 6.68. The van der Waals surface area contributed by atoms with Gasteiger partial charge in [-0.1, -0.05) is 12.1 Å². The maximum absolute atomic E-state index is 12.0. The predicted octanol–water partition coefficient (Wildman–Crippen LogP) is 1.19. The number of fused-ring (bicyclic) bond motifs is 1. The number of hydrogen-bond donors (Lipinski definition) is 2. The molecule has 1 aliphatic rings. The number of para-hydroxylation sites is 2. The quantitative estimate of drug-likeness (QED) is 0.813. The van der Waals surface area contributed by atoms with Crippen LogP contribution in [0.25, 0.3) is 0 Å². The summed E-state index contributed by atoms with van der Waals surface area (Å²) in [6, 6.07) is 10.2. The van der Waals surface area contributed by atoms with Crippen molar-refractivity contribution < 1.29 is 23.5 Å². The molecule has 1 aromatic heterocycles. The first-order valence-corrected chi connectivity index (χ1v) is 6.68. The molecule has 114 valence electrons. The van der Waals surface area contributed by atoms with Gasteiger partial charge in [0, 0.05) is 0 Å². The van der Waals surface area contributed by atoms with E-state index in [-0.39, 0.29) is 12.4 Å². The summed E-state index contributed by atoms with van der Waals surface area (Å²) < 4.78 is 16.1. The Morgan fingerprint density at radius 2 is 1.86 bits per heavy atom. The van der Waals surface area contributed by atoms with E-state index in [9.17, 15) is 9.59 Å². The summed E-state index contributed by atoms with van der Waals surface area (Å²) in [6.07, 6.45) is -0.839. The van der Waals surface area contributed by atoms with Gasteiger partial charge >= 0.3 is 5.91 Å². The van der Waals surface area contributed by atoms with Gasteiger partial charge in [-0.2, -0.15) is 0 Å². The van der Waals surface area contributed by atoms with Crippen LogP contribution in [0.15, 0.2) is 40.8 Å². The molecule has 0 spiro atoms. The summed E-state index contributed by atoms with van der Waals surface area (Å²) in [4.78, 5) is 23.7. The van der Waals surface area contributed by atoms with Crippen LogP contribution in [0.4, 0.5) is 0 Å². The fourth-order valence-corrected chi connectivity index (χ4v) is 1.97. The predicted molar refractivity (Wildman–Crippen MR) is 75.4 cm³/mol. The highest BCUT2D eigenvalue weighted by atomic mass is 16.6. The van der Waals surface area contributed by atoms with Crippen molar-refractivity contribution in [3.05, 3.63) is 47.9 Å². The van der Waals surface area contributed by atoms with Gasteiger partial charge in [-0.3, -0.25) is 20.4 Å². The molecule has 0 fully saturated rings. The fourth-order valence-electron chi connectivity index (χ4n) is 1.97. The monoisotopic (exact) mass is 302 g/mol. The van der Waals surface area contributed by atoms with E-state index in [0.717, 1.165) is 0 Å². The minimum absolute atomic E-state index is 0.0680. The van der Waals surface area contributed by atoms with Crippen LogP contribution in [0.3, 0.4) is 0 Å². The molecule has 0 aliphatic carbocycles. The van der Waals surface area contributed by atoms with Crippen LogP contribution in [-0.2, 0) is 4.79 Å². The number of rotatable bonds is 2. The molecule has 22 heavy (non-hydrogen) atoms. The van der Waals surface area contributed by atoms with Gasteiger partial charge in [0.15, 0.2) is 17.3 Å². The van der Waals surface area contributed by atoms with Gasteiger partial charge in [0.2, 0.25) is 6.10 Å². The van der Waals surface area contributed by atoms with Gasteiger partial charge in [-0.15, -0.1) is 0 Å². The van der Waals surface area contributed by atoms with Crippen LogP contribution < -0.4 is 20.3 Å². The third-order valence-corrected chi connectivity index (χ3v) is 3.06.